The van der Waals surface area contributed by atoms with Crippen LogP contribution in [0.2, 0.25) is 0 Å². The fourth-order valence-electron chi connectivity index (χ4n) is 2.79. The number of pyridine rings is 1. The monoisotopic (exact) mass is 363 g/mol. The van der Waals surface area contributed by atoms with E-state index in [2.05, 4.69) is 28.2 Å². The molecule has 7 heteroatoms. The predicted octanol–water partition coefficient (Wildman–Crippen LogP) is 3.18. The van der Waals surface area contributed by atoms with Crippen molar-refractivity contribution < 1.29 is 0 Å². The molecule has 0 radical (unpaired) electrons. The highest BCUT2D eigenvalue weighted by Gasteiger charge is 2.10. The maximum Gasteiger partial charge on any atom is 0.258 e. The first-order valence-corrected chi connectivity index (χ1v) is 9.18. The Kier molecular flexibility index (Phi) is 4.30. The summed E-state index contributed by atoms with van der Waals surface area (Å²) in [6.07, 6.45) is 3.46. The fourth-order valence-corrected chi connectivity index (χ4v) is 3.60. The van der Waals surface area contributed by atoms with Gasteiger partial charge in [-0.05, 0) is 43.2 Å². The van der Waals surface area contributed by atoms with Crippen LogP contribution >= 0.6 is 11.8 Å². The molecule has 4 aromatic rings. The van der Waals surface area contributed by atoms with Gasteiger partial charge in [0.2, 0.25) is 0 Å². The molecule has 0 aliphatic rings. The molecule has 1 aromatic carbocycles. The molecule has 0 amide bonds. The number of aryl methyl sites for hydroxylation is 2. The Balaban J connectivity index is 1.63. The zero-order valence-electron chi connectivity index (χ0n) is 14.5. The molecule has 0 N–H and O–H groups in total. The van der Waals surface area contributed by atoms with E-state index in [0.29, 0.717) is 11.4 Å². The SMILES string of the molecule is Cc1ccn2c(=O)cc(CSc3nncn3-c3ccccc3C)nc2c1. The maximum absolute atomic E-state index is 12.3. The summed E-state index contributed by atoms with van der Waals surface area (Å²) >= 11 is 1.51. The van der Waals surface area contributed by atoms with Gasteiger partial charge in [-0.3, -0.25) is 13.8 Å². The first-order valence-electron chi connectivity index (χ1n) is 8.19. The number of aromatic nitrogens is 5. The van der Waals surface area contributed by atoms with Crippen LogP contribution in [0.1, 0.15) is 16.8 Å². The van der Waals surface area contributed by atoms with E-state index < -0.39 is 0 Å². The Morgan fingerprint density at radius 1 is 1.12 bits per heavy atom. The fraction of sp³-hybridized carbons (Fsp3) is 0.158. The highest BCUT2D eigenvalue weighted by molar-refractivity contribution is 7.98. The van der Waals surface area contributed by atoms with Gasteiger partial charge in [0, 0.05) is 18.0 Å². The molecule has 0 fully saturated rings. The zero-order chi connectivity index (χ0) is 18.1. The van der Waals surface area contributed by atoms with Gasteiger partial charge in [-0.1, -0.05) is 30.0 Å². The van der Waals surface area contributed by atoms with Gasteiger partial charge >= 0.3 is 0 Å². The molecule has 0 atom stereocenters. The number of thioether (sulfide) groups is 1. The van der Waals surface area contributed by atoms with Crippen LogP contribution in [0.5, 0.6) is 0 Å². The number of rotatable bonds is 4. The standard InChI is InChI=1S/C19H17N5OS/c1-13-7-8-23-17(9-13)21-15(10-18(23)25)11-26-19-22-20-12-24(19)16-6-4-3-5-14(16)2/h3-10,12H,11H2,1-2H3. The number of benzene rings is 1. The third-order valence-corrected chi connectivity index (χ3v) is 5.09. The minimum absolute atomic E-state index is 0.0778. The van der Waals surface area contributed by atoms with E-state index in [9.17, 15) is 4.79 Å². The lowest BCUT2D eigenvalue weighted by molar-refractivity contribution is 0.876. The molecule has 0 aliphatic carbocycles. The quantitative estimate of drug-likeness (QED) is 0.521. The summed E-state index contributed by atoms with van der Waals surface area (Å²) < 4.78 is 3.51. The molecule has 0 aliphatic heterocycles. The first-order chi connectivity index (χ1) is 12.6. The van der Waals surface area contributed by atoms with Crippen molar-refractivity contribution in [2.24, 2.45) is 0 Å². The predicted molar refractivity (Wildman–Crippen MR) is 102 cm³/mol. The number of para-hydroxylation sites is 1. The minimum atomic E-state index is -0.0778. The van der Waals surface area contributed by atoms with Gasteiger partial charge in [0.1, 0.15) is 12.0 Å². The maximum atomic E-state index is 12.3. The van der Waals surface area contributed by atoms with Gasteiger partial charge < -0.3 is 0 Å². The van der Waals surface area contributed by atoms with Crippen LogP contribution < -0.4 is 5.56 Å². The van der Waals surface area contributed by atoms with Crippen molar-refractivity contribution >= 4 is 17.4 Å². The van der Waals surface area contributed by atoms with Crippen LogP contribution in [0.25, 0.3) is 11.3 Å². The van der Waals surface area contributed by atoms with Crippen LogP contribution in [0.4, 0.5) is 0 Å². The average molecular weight is 363 g/mol. The van der Waals surface area contributed by atoms with Crippen molar-refractivity contribution in [3.63, 3.8) is 0 Å². The van der Waals surface area contributed by atoms with E-state index in [1.54, 1.807) is 23.0 Å². The van der Waals surface area contributed by atoms with Gasteiger partial charge in [-0.15, -0.1) is 10.2 Å². The lowest BCUT2D eigenvalue weighted by Crippen LogP contribution is -2.15. The number of hydrogen-bond acceptors (Lipinski definition) is 5. The van der Waals surface area contributed by atoms with E-state index in [1.807, 2.05) is 41.8 Å². The Hall–Kier alpha value is -2.93. The van der Waals surface area contributed by atoms with Gasteiger partial charge in [0.05, 0.1) is 11.4 Å². The Labute approximate surface area is 154 Å². The Bertz CT molecular complexity index is 1150. The Morgan fingerprint density at radius 2 is 1.96 bits per heavy atom. The van der Waals surface area contributed by atoms with Gasteiger partial charge in [0.15, 0.2) is 5.16 Å². The van der Waals surface area contributed by atoms with E-state index in [1.165, 1.54) is 11.8 Å². The lowest BCUT2D eigenvalue weighted by Gasteiger charge is -2.09. The van der Waals surface area contributed by atoms with E-state index >= 15 is 0 Å². The second-order valence-corrected chi connectivity index (χ2v) is 7.02. The third-order valence-electron chi connectivity index (χ3n) is 4.12. The molecule has 3 aromatic heterocycles. The molecular formula is C19H17N5OS. The van der Waals surface area contributed by atoms with Crippen molar-refractivity contribution in [1.29, 1.82) is 0 Å². The molecule has 0 saturated carbocycles. The molecule has 130 valence electrons. The molecule has 26 heavy (non-hydrogen) atoms. The van der Waals surface area contributed by atoms with Crippen molar-refractivity contribution in [3.05, 3.63) is 82.2 Å². The molecule has 4 rings (SSSR count). The molecule has 3 heterocycles. The zero-order valence-corrected chi connectivity index (χ0v) is 15.3. The van der Waals surface area contributed by atoms with Crippen molar-refractivity contribution in [2.45, 2.75) is 24.8 Å². The van der Waals surface area contributed by atoms with Crippen LogP contribution in [0.3, 0.4) is 0 Å². The summed E-state index contributed by atoms with van der Waals surface area (Å²) in [7, 11) is 0. The third kappa shape index (κ3) is 3.13. The second kappa shape index (κ2) is 6.76. The Morgan fingerprint density at radius 3 is 2.81 bits per heavy atom. The average Bonchev–Trinajstić information content (AvgIpc) is 3.08. The number of hydrogen-bond donors (Lipinski definition) is 0. The van der Waals surface area contributed by atoms with Gasteiger partial charge in [-0.25, -0.2) is 4.98 Å². The first kappa shape index (κ1) is 16.5. The van der Waals surface area contributed by atoms with E-state index in [-0.39, 0.29) is 5.56 Å². The van der Waals surface area contributed by atoms with Crippen molar-refractivity contribution in [3.8, 4) is 5.69 Å². The van der Waals surface area contributed by atoms with Crippen LogP contribution in [0, 0.1) is 13.8 Å². The highest BCUT2D eigenvalue weighted by Crippen LogP contribution is 2.24. The number of nitrogens with zero attached hydrogens (tertiary/aromatic N) is 5. The number of fused-ring (bicyclic) bond motifs is 1. The minimum Gasteiger partial charge on any atom is -0.276 e. The van der Waals surface area contributed by atoms with Gasteiger partial charge in [0.25, 0.3) is 5.56 Å². The smallest absolute Gasteiger partial charge is 0.258 e. The summed E-state index contributed by atoms with van der Waals surface area (Å²) in [5.41, 5.74) is 4.57. The summed E-state index contributed by atoms with van der Waals surface area (Å²) in [6.45, 7) is 4.04. The van der Waals surface area contributed by atoms with Crippen LogP contribution in [-0.2, 0) is 5.75 Å². The topological polar surface area (TPSA) is 65.1 Å². The lowest BCUT2D eigenvalue weighted by atomic mass is 10.2. The molecule has 0 unspecified atom stereocenters. The van der Waals surface area contributed by atoms with Crippen LogP contribution in [-0.4, -0.2) is 24.1 Å². The summed E-state index contributed by atoms with van der Waals surface area (Å²) in [5, 5.41) is 9.02. The van der Waals surface area contributed by atoms with Gasteiger partial charge in [-0.2, -0.15) is 0 Å². The molecule has 0 bridgehead atoms. The molecular weight excluding hydrogens is 346 g/mol. The normalized spacial score (nSPS) is 11.2. The summed E-state index contributed by atoms with van der Waals surface area (Å²) in [6, 6.07) is 13.5. The molecule has 0 saturated heterocycles. The van der Waals surface area contributed by atoms with E-state index in [4.69, 9.17) is 0 Å². The second-order valence-electron chi connectivity index (χ2n) is 6.08. The van der Waals surface area contributed by atoms with E-state index in [0.717, 1.165) is 27.7 Å². The summed E-state index contributed by atoms with van der Waals surface area (Å²) in [4.78, 5) is 16.9. The largest absolute Gasteiger partial charge is 0.276 e. The van der Waals surface area contributed by atoms with Crippen LogP contribution in [0.15, 0.2) is 64.9 Å². The van der Waals surface area contributed by atoms with Crippen molar-refractivity contribution in [2.75, 3.05) is 0 Å². The molecule has 6 nitrogen and oxygen atoms in total. The summed E-state index contributed by atoms with van der Waals surface area (Å²) in [5.74, 6) is 0.546. The highest BCUT2D eigenvalue weighted by atomic mass is 32.2. The van der Waals surface area contributed by atoms with Crippen molar-refractivity contribution in [1.82, 2.24) is 24.1 Å². The molecule has 0 spiro atoms.